The van der Waals surface area contributed by atoms with Crippen LogP contribution in [0.15, 0.2) is 12.3 Å². The summed E-state index contributed by atoms with van der Waals surface area (Å²) in [6, 6.07) is 2.12. The van der Waals surface area contributed by atoms with Gasteiger partial charge in [-0.3, -0.25) is 9.58 Å². The Morgan fingerprint density at radius 3 is 3.23 bits per heavy atom. The van der Waals surface area contributed by atoms with Crippen LogP contribution >= 0.6 is 0 Å². The van der Waals surface area contributed by atoms with Gasteiger partial charge in [0.15, 0.2) is 0 Å². The minimum Gasteiger partial charge on any atom is -0.296 e. The molecular formula is C10H17N3. The first-order valence-electron chi connectivity index (χ1n) is 5.13. The molecule has 0 atom stereocenters. The van der Waals surface area contributed by atoms with E-state index in [0.29, 0.717) is 0 Å². The summed E-state index contributed by atoms with van der Waals surface area (Å²) in [6.07, 6.45) is 4.50. The maximum atomic E-state index is 4.26. The van der Waals surface area contributed by atoms with Crippen molar-refractivity contribution in [1.29, 1.82) is 0 Å². The lowest BCUT2D eigenvalue weighted by molar-refractivity contribution is 0.210. The third kappa shape index (κ3) is 1.91. The van der Waals surface area contributed by atoms with Gasteiger partial charge in [-0.05, 0) is 19.0 Å². The summed E-state index contributed by atoms with van der Waals surface area (Å²) in [5.74, 6) is 0. The predicted octanol–water partition coefficient (Wildman–Crippen LogP) is 1.50. The van der Waals surface area contributed by atoms with Gasteiger partial charge < -0.3 is 0 Å². The van der Waals surface area contributed by atoms with E-state index in [9.17, 15) is 0 Å². The fourth-order valence-corrected chi connectivity index (χ4v) is 1.81. The van der Waals surface area contributed by atoms with Crippen molar-refractivity contribution in [2.75, 3.05) is 13.1 Å². The number of hydrogen-bond donors (Lipinski definition) is 0. The second-order valence-corrected chi connectivity index (χ2v) is 3.68. The van der Waals surface area contributed by atoms with Crippen molar-refractivity contribution >= 4 is 0 Å². The van der Waals surface area contributed by atoms with Gasteiger partial charge >= 0.3 is 0 Å². The second-order valence-electron chi connectivity index (χ2n) is 3.68. The number of rotatable bonds is 3. The lowest BCUT2D eigenvalue weighted by Crippen LogP contribution is -2.34. The van der Waals surface area contributed by atoms with Crippen molar-refractivity contribution < 1.29 is 0 Å². The van der Waals surface area contributed by atoms with Gasteiger partial charge in [0.05, 0.1) is 12.2 Å². The van der Waals surface area contributed by atoms with E-state index in [1.807, 2.05) is 6.20 Å². The Morgan fingerprint density at radius 2 is 2.38 bits per heavy atom. The number of aromatic nitrogens is 2. The Balaban J connectivity index is 1.93. The molecule has 72 valence electrons. The first kappa shape index (κ1) is 8.75. The van der Waals surface area contributed by atoms with Crippen LogP contribution in [0.5, 0.6) is 0 Å². The Labute approximate surface area is 79.3 Å². The zero-order valence-electron chi connectivity index (χ0n) is 8.24. The normalized spacial score (nSPS) is 17.3. The second kappa shape index (κ2) is 3.92. The molecule has 1 aromatic heterocycles. The Hall–Kier alpha value is -0.830. The highest BCUT2D eigenvalue weighted by molar-refractivity contribution is 5.02. The maximum absolute atomic E-state index is 4.26. The maximum Gasteiger partial charge on any atom is 0.0540 e. The van der Waals surface area contributed by atoms with E-state index in [1.54, 1.807) is 0 Å². The predicted molar refractivity (Wildman–Crippen MR) is 52.4 cm³/mol. The van der Waals surface area contributed by atoms with Gasteiger partial charge in [-0.1, -0.05) is 13.3 Å². The summed E-state index contributed by atoms with van der Waals surface area (Å²) in [6.45, 7) is 6.79. The molecule has 3 nitrogen and oxygen atoms in total. The molecule has 1 aromatic rings. The van der Waals surface area contributed by atoms with Gasteiger partial charge in [-0.15, -0.1) is 0 Å². The number of hydrogen-bond acceptors (Lipinski definition) is 2. The summed E-state index contributed by atoms with van der Waals surface area (Å²) in [4.78, 5) is 2.51. The molecule has 0 saturated heterocycles. The highest BCUT2D eigenvalue weighted by atomic mass is 15.3. The van der Waals surface area contributed by atoms with Crippen LogP contribution in [0.4, 0.5) is 0 Å². The van der Waals surface area contributed by atoms with Crippen LogP contribution in [0.3, 0.4) is 0 Å². The molecule has 0 saturated carbocycles. The van der Waals surface area contributed by atoms with Crippen LogP contribution < -0.4 is 0 Å². The molecule has 0 aromatic carbocycles. The van der Waals surface area contributed by atoms with Gasteiger partial charge in [0.25, 0.3) is 0 Å². The van der Waals surface area contributed by atoms with Gasteiger partial charge in [0.2, 0.25) is 0 Å². The average Bonchev–Trinajstić information content (AvgIpc) is 2.61. The minimum absolute atomic E-state index is 1.06. The van der Waals surface area contributed by atoms with E-state index >= 15 is 0 Å². The summed E-state index contributed by atoms with van der Waals surface area (Å²) < 4.78 is 2.11. The zero-order chi connectivity index (χ0) is 9.10. The fraction of sp³-hybridized carbons (Fsp3) is 0.700. The van der Waals surface area contributed by atoms with E-state index in [-0.39, 0.29) is 0 Å². The van der Waals surface area contributed by atoms with Crippen molar-refractivity contribution in [2.24, 2.45) is 0 Å². The minimum atomic E-state index is 1.06. The van der Waals surface area contributed by atoms with Crippen molar-refractivity contribution in [1.82, 2.24) is 14.7 Å². The first-order chi connectivity index (χ1) is 6.40. The van der Waals surface area contributed by atoms with E-state index in [1.165, 1.54) is 25.1 Å². The summed E-state index contributed by atoms with van der Waals surface area (Å²) in [5, 5.41) is 4.26. The van der Waals surface area contributed by atoms with Crippen molar-refractivity contribution in [2.45, 2.75) is 32.9 Å². The van der Waals surface area contributed by atoms with Crippen LogP contribution in [-0.4, -0.2) is 27.8 Å². The fourth-order valence-electron chi connectivity index (χ4n) is 1.81. The number of unbranched alkanes of at least 4 members (excludes halogenated alkanes) is 1. The van der Waals surface area contributed by atoms with E-state index in [0.717, 1.165) is 19.6 Å². The molecule has 0 N–H and O–H groups in total. The standard InChI is InChI=1S/C10H17N3/c1-2-3-6-12-7-8-13-10(9-12)4-5-11-13/h4-5H,2-3,6-9H2,1H3. The summed E-state index contributed by atoms with van der Waals surface area (Å²) >= 11 is 0. The average molecular weight is 179 g/mol. The highest BCUT2D eigenvalue weighted by Crippen LogP contribution is 2.11. The smallest absolute Gasteiger partial charge is 0.0540 e. The quantitative estimate of drug-likeness (QED) is 0.701. The molecule has 0 unspecified atom stereocenters. The molecule has 2 rings (SSSR count). The van der Waals surface area contributed by atoms with E-state index in [4.69, 9.17) is 0 Å². The molecular weight excluding hydrogens is 162 g/mol. The molecule has 1 aliphatic heterocycles. The van der Waals surface area contributed by atoms with Crippen molar-refractivity contribution in [3.8, 4) is 0 Å². The van der Waals surface area contributed by atoms with Crippen LogP contribution in [0.2, 0.25) is 0 Å². The SMILES string of the molecule is CCCCN1CCn2nccc2C1. The first-order valence-corrected chi connectivity index (χ1v) is 5.13. The van der Waals surface area contributed by atoms with Crippen molar-refractivity contribution in [3.05, 3.63) is 18.0 Å². The van der Waals surface area contributed by atoms with Crippen LogP contribution in [0.1, 0.15) is 25.5 Å². The van der Waals surface area contributed by atoms with Crippen LogP contribution in [-0.2, 0) is 13.1 Å². The molecule has 0 aliphatic carbocycles. The molecule has 1 aliphatic rings. The molecule has 0 spiro atoms. The third-order valence-electron chi connectivity index (χ3n) is 2.65. The molecule has 0 bridgehead atoms. The lowest BCUT2D eigenvalue weighted by Gasteiger charge is -2.27. The lowest BCUT2D eigenvalue weighted by atomic mass is 10.2. The van der Waals surface area contributed by atoms with Crippen molar-refractivity contribution in [3.63, 3.8) is 0 Å². The summed E-state index contributed by atoms with van der Waals surface area (Å²) in [7, 11) is 0. The largest absolute Gasteiger partial charge is 0.296 e. The molecule has 0 radical (unpaired) electrons. The molecule has 13 heavy (non-hydrogen) atoms. The Bertz CT molecular complexity index is 267. The molecule has 0 amide bonds. The number of fused-ring (bicyclic) bond motifs is 1. The van der Waals surface area contributed by atoms with Gasteiger partial charge in [-0.2, -0.15) is 5.10 Å². The Kier molecular flexibility index (Phi) is 2.64. The third-order valence-corrected chi connectivity index (χ3v) is 2.65. The van der Waals surface area contributed by atoms with Crippen LogP contribution in [0.25, 0.3) is 0 Å². The molecule has 3 heteroatoms. The summed E-state index contributed by atoms with van der Waals surface area (Å²) in [5.41, 5.74) is 1.36. The molecule has 0 fully saturated rings. The van der Waals surface area contributed by atoms with E-state index in [2.05, 4.69) is 27.7 Å². The number of nitrogens with zero attached hydrogens (tertiary/aromatic N) is 3. The van der Waals surface area contributed by atoms with Gasteiger partial charge in [0.1, 0.15) is 0 Å². The Morgan fingerprint density at radius 1 is 1.46 bits per heavy atom. The van der Waals surface area contributed by atoms with Gasteiger partial charge in [-0.25, -0.2) is 0 Å². The topological polar surface area (TPSA) is 21.1 Å². The van der Waals surface area contributed by atoms with Crippen LogP contribution in [0, 0.1) is 0 Å². The molecule has 2 heterocycles. The van der Waals surface area contributed by atoms with Gasteiger partial charge in [0, 0.05) is 19.3 Å². The monoisotopic (exact) mass is 179 g/mol. The zero-order valence-corrected chi connectivity index (χ0v) is 8.24. The highest BCUT2D eigenvalue weighted by Gasteiger charge is 2.14. The van der Waals surface area contributed by atoms with E-state index < -0.39 is 0 Å².